The van der Waals surface area contributed by atoms with Crippen LogP contribution in [0.1, 0.15) is 5.56 Å². The maximum Gasteiger partial charge on any atom is 0.413 e. The first-order chi connectivity index (χ1) is 17.0. The van der Waals surface area contributed by atoms with Crippen LogP contribution in [0.25, 0.3) is 21.9 Å². The molecule has 1 amide bonds. The molecule has 0 aliphatic rings. The second-order valence-electron chi connectivity index (χ2n) is 7.50. The number of methoxy groups -OCH3 is 2. The average Bonchev–Trinajstić information content (AvgIpc) is 3.26. The summed E-state index contributed by atoms with van der Waals surface area (Å²) in [7, 11) is 2.90. The minimum atomic E-state index is -0.548. The summed E-state index contributed by atoms with van der Waals surface area (Å²) < 4.78 is 9.71. The predicted molar refractivity (Wildman–Crippen MR) is 139 cm³/mol. The first kappa shape index (κ1) is 23.9. The Hall–Kier alpha value is -4.24. The molecule has 0 aliphatic heterocycles. The van der Waals surface area contributed by atoms with Crippen molar-refractivity contribution in [2.24, 2.45) is 0 Å². The lowest BCUT2D eigenvalue weighted by Gasteiger charge is -2.05. The zero-order valence-corrected chi connectivity index (χ0v) is 20.2. The Balaban J connectivity index is 0.000000179. The van der Waals surface area contributed by atoms with Crippen LogP contribution in [-0.2, 0) is 4.74 Å². The zero-order valence-electron chi connectivity index (χ0n) is 19.4. The van der Waals surface area contributed by atoms with Gasteiger partial charge in [-0.3, -0.25) is 10.1 Å². The Labute approximate surface area is 205 Å². The van der Waals surface area contributed by atoms with Gasteiger partial charge in [-0.1, -0.05) is 42.1 Å². The number of imidazole rings is 1. The molecular formula is C26H24N4O4S. The fraction of sp³-hybridized carbons (Fsp3) is 0.115. The molecule has 3 aromatic carbocycles. The summed E-state index contributed by atoms with van der Waals surface area (Å²) in [6, 6.07) is 23.3. The van der Waals surface area contributed by atoms with E-state index in [1.54, 1.807) is 24.9 Å². The quantitative estimate of drug-likeness (QED) is 0.298. The SMILES string of the molecule is COC(=O)Nc1nc2ccc(Sc3ccccc3)cc2[nH]1.COc1cccc2c(C)cc(=O)[nH]c12. The van der Waals surface area contributed by atoms with E-state index >= 15 is 0 Å². The minimum Gasteiger partial charge on any atom is -0.495 e. The molecule has 35 heavy (non-hydrogen) atoms. The standard InChI is InChI=1S/C15H13N3O2S.C11H11NO2/c1-20-15(19)18-14-16-12-8-7-11(9-13(12)17-14)21-10-5-3-2-4-6-10;1-7-6-10(13)12-11-8(7)4-3-5-9(11)14-2/h2-9H,1H3,(H2,16,17,18,19);3-6H,1-2H3,(H,12,13). The van der Waals surface area contributed by atoms with Crippen molar-refractivity contribution in [3.63, 3.8) is 0 Å². The van der Waals surface area contributed by atoms with E-state index in [1.807, 2.05) is 61.5 Å². The van der Waals surface area contributed by atoms with E-state index in [9.17, 15) is 9.59 Å². The average molecular weight is 489 g/mol. The number of para-hydroxylation sites is 1. The topological polar surface area (TPSA) is 109 Å². The number of H-pyrrole nitrogens is 2. The van der Waals surface area contributed by atoms with Crippen LogP contribution < -0.4 is 15.6 Å². The molecule has 0 bridgehead atoms. The van der Waals surface area contributed by atoms with Gasteiger partial charge < -0.3 is 19.4 Å². The van der Waals surface area contributed by atoms with Crippen LogP contribution in [0.2, 0.25) is 0 Å². The highest BCUT2D eigenvalue weighted by Crippen LogP contribution is 2.29. The van der Waals surface area contributed by atoms with Crippen molar-refractivity contribution in [3.8, 4) is 5.75 Å². The van der Waals surface area contributed by atoms with Gasteiger partial charge >= 0.3 is 6.09 Å². The molecule has 8 nitrogen and oxygen atoms in total. The number of hydrogen-bond acceptors (Lipinski definition) is 6. The number of pyridine rings is 1. The highest BCUT2D eigenvalue weighted by atomic mass is 32.2. The third-order valence-electron chi connectivity index (χ3n) is 5.10. The Morgan fingerprint density at radius 1 is 0.943 bits per heavy atom. The van der Waals surface area contributed by atoms with Crippen molar-refractivity contribution in [3.05, 3.63) is 88.7 Å². The molecule has 3 N–H and O–H groups in total. The second kappa shape index (κ2) is 10.8. The molecule has 0 unspecified atom stereocenters. The van der Waals surface area contributed by atoms with Gasteiger partial charge in [0.15, 0.2) is 0 Å². The van der Waals surface area contributed by atoms with Gasteiger partial charge in [-0.25, -0.2) is 9.78 Å². The number of anilines is 1. The van der Waals surface area contributed by atoms with Crippen molar-refractivity contribution >= 4 is 45.7 Å². The molecule has 0 saturated carbocycles. The summed E-state index contributed by atoms with van der Waals surface area (Å²) in [6.45, 7) is 1.91. The van der Waals surface area contributed by atoms with Crippen LogP contribution in [0, 0.1) is 6.92 Å². The van der Waals surface area contributed by atoms with Gasteiger partial charge in [0.2, 0.25) is 11.5 Å². The third-order valence-corrected chi connectivity index (χ3v) is 6.10. The van der Waals surface area contributed by atoms with E-state index in [1.165, 1.54) is 12.0 Å². The number of hydrogen-bond donors (Lipinski definition) is 3. The zero-order chi connectivity index (χ0) is 24.8. The molecule has 0 atom stereocenters. The molecule has 178 valence electrons. The predicted octanol–water partition coefficient (Wildman–Crippen LogP) is 5.74. The number of amides is 1. The van der Waals surface area contributed by atoms with Gasteiger partial charge in [-0.05, 0) is 48.9 Å². The molecule has 9 heteroatoms. The summed E-state index contributed by atoms with van der Waals surface area (Å²) in [5.41, 5.74) is 3.28. The number of benzene rings is 3. The lowest BCUT2D eigenvalue weighted by Crippen LogP contribution is -2.11. The van der Waals surface area contributed by atoms with E-state index in [2.05, 4.69) is 37.1 Å². The summed E-state index contributed by atoms with van der Waals surface area (Å²) in [4.78, 5) is 34.8. The molecule has 2 heterocycles. The monoisotopic (exact) mass is 488 g/mol. The smallest absolute Gasteiger partial charge is 0.413 e. The van der Waals surface area contributed by atoms with Crippen LogP contribution in [0.15, 0.2) is 87.4 Å². The fourth-order valence-electron chi connectivity index (χ4n) is 3.48. The van der Waals surface area contributed by atoms with E-state index in [0.717, 1.165) is 32.4 Å². The van der Waals surface area contributed by atoms with Crippen molar-refractivity contribution in [2.45, 2.75) is 16.7 Å². The number of aromatic nitrogens is 3. The number of nitrogens with zero attached hydrogens (tertiary/aromatic N) is 1. The van der Waals surface area contributed by atoms with Crippen LogP contribution >= 0.6 is 11.8 Å². The number of carbonyl (C=O) groups is 1. The molecule has 5 rings (SSSR count). The Bertz CT molecular complexity index is 1530. The van der Waals surface area contributed by atoms with Gasteiger partial charge in [0, 0.05) is 21.2 Å². The van der Waals surface area contributed by atoms with Gasteiger partial charge in [0.1, 0.15) is 5.75 Å². The Morgan fingerprint density at radius 2 is 1.74 bits per heavy atom. The van der Waals surface area contributed by atoms with Crippen LogP contribution in [0.4, 0.5) is 10.7 Å². The van der Waals surface area contributed by atoms with Gasteiger partial charge in [-0.15, -0.1) is 0 Å². The maximum atomic E-state index is 11.3. The first-order valence-electron chi connectivity index (χ1n) is 10.7. The van der Waals surface area contributed by atoms with Gasteiger partial charge in [-0.2, -0.15) is 0 Å². The number of fused-ring (bicyclic) bond motifs is 2. The van der Waals surface area contributed by atoms with Crippen molar-refractivity contribution in [1.29, 1.82) is 0 Å². The van der Waals surface area contributed by atoms with Crippen molar-refractivity contribution in [2.75, 3.05) is 19.5 Å². The number of nitrogens with one attached hydrogen (secondary N) is 3. The Morgan fingerprint density at radius 3 is 2.49 bits per heavy atom. The summed E-state index contributed by atoms with van der Waals surface area (Å²) in [5.74, 6) is 1.07. The normalized spacial score (nSPS) is 10.5. The highest BCUT2D eigenvalue weighted by molar-refractivity contribution is 7.99. The number of carbonyl (C=O) groups excluding carboxylic acids is 1. The van der Waals surface area contributed by atoms with Gasteiger partial charge in [0.25, 0.3) is 0 Å². The summed E-state index contributed by atoms with van der Waals surface area (Å²) >= 11 is 1.67. The van der Waals surface area contributed by atoms with Crippen LogP contribution in [0.5, 0.6) is 5.75 Å². The molecular weight excluding hydrogens is 464 g/mol. The molecule has 0 radical (unpaired) electrons. The number of rotatable bonds is 4. The largest absolute Gasteiger partial charge is 0.495 e. The maximum absolute atomic E-state index is 11.3. The van der Waals surface area contributed by atoms with Crippen molar-refractivity contribution in [1.82, 2.24) is 15.0 Å². The van der Waals surface area contributed by atoms with E-state index in [-0.39, 0.29) is 5.56 Å². The molecule has 5 aromatic rings. The second-order valence-corrected chi connectivity index (χ2v) is 8.64. The van der Waals surface area contributed by atoms with Crippen LogP contribution in [0.3, 0.4) is 0 Å². The number of aryl methyl sites for hydroxylation is 1. The molecule has 0 saturated heterocycles. The molecule has 0 aliphatic carbocycles. The highest BCUT2D eigenvalue weighted by Gasteiger charge is 2.08. The molecule has 0 spiro atoms. The minimum absolute atomic E-state index is 0.0977. The lowest BCUT2D eigenvalue weighted by atomic mass is 10.1. The third kappa shape index (κ3) is 5.82. The molecule has 2 aromatic heterocycles. The van der Waals surface area contributed by atoms with Gasteiger partial charge in [0.05, 0.1) is 30.8 Å². The first-order valence-corrected chi connectivity index (χ1v) is 11.5. The summed E-state index contributed by atoms with van der Waals surface area (Å²) in [6.07, 6.45) is -0.548. The van der Waals surface area contributed by atoms with E-state index in [0.29, 0.717) is 11.7 Å². The van der Waals surface area contributed by atoms with Crippen molar-refractivity contribution < 1.29 is 14.3 Å². The number of aromatic amines is 2. The fourth-order valence-corrected chi connectivity index (χ4v) is 4.35. The Kier molecular flexibility index (Phi) is 7.37. The van der Waals surface area contributed by atoms with E-state index in [4.69, 9.17) is 4.74 Å². The van der Waals surface area contributed by atoms with Crippen LogP contribution in [-0.4, -0.2) is 35.3 Å². The lowest BCUT2D eigenvalue weighted by molar-refractivity contribution is 0.186. The van der Waals surface area contributed by atoms with E-state index < -0.39 is 6.09 Å². The summed E-state index contributed by atoms with van der Waals surface area (Å²) in [5, 5.41) is 3.53. The number of ether oxygens (including phenoxy) is 2. The molecule has 0 fully saturated rings.